The van der Waals surface area contributed by atoms with Crippen molar-refractivity contribution in [3.63, 3.8) is 0 Å². The lowest BCUT2D eigenvalue weighted by Crippen LogP contribution is -2.28. The van der Waals surface area contributed by atoms with E-state index < -0.39 is 0 Å². The van der Waals surface area contributed by atoms with Gasteiger partial charge in [-0.1, -0.05) is 6.07 Å². The molecule has 0 saturated heterocycles. The van der Waals surface area contributed by atoms with Gasteiger partial charge in [0, 0.05) is 30.7 Å². The highest BCUT2D eigenvalue weighted by molar-refractivity contribution is 6.03. The van der Waals surface area contributed by atoms with E-state index in [1.807, 2.05) is 42.5 Å². The summed E-state index contributed by atoms with van der Waals surface area (Å²) in [6.07, 6.45) is 1.45. The highest BCUT2D eigenvalue weighted by atomic mass is 16.2. The van der Waals surface area contributed by atoms with Gasteiger partial charge in [-0.25, -0.2) is 0 Å². The number of aromatic nitrogens is 1. The molecule has 132 valence electrons. The largest absolute Gasteiger partial charge is 0.372 e. The SMILES string of the molecule is CCN(CC)c1ccc(NC(=O)CC(=O)NCc2ccccn2)cc1. The second kappa shape index (κ2) is 9.42. The number of carbonyl (C=O) groups excluding carboxylic acids is 2. The smallest absolute Gasteiger partial charge is 0.233 e. The maximum Gasteiger partial charge on any atom is 0.233 e. The van der Waals surface area contributed by atoms with Crippen molar-refractivity contribution in [1.29, 1.82) is 0 Å². The number of benzene rings is 1. The summed E-state index contributed by atoms with van der Waals surface area (Å²) in [5, 5.41) is 5.43. The number of anilines is 2. The van der Waals surface area contributed by atoms with Crippen molar-refractivity contribution in [2.45, 2.75) is 26.8 Å². The van der Waals surface area contributed by atoms with Crippen LogP contribution in [0.2, 0.25) is 0 Å². The van der Waals surface area contributed by atoms with Crippen LogP contribution >= 0.6 is 0 Å². The summed E-state index contributed by atoms with van der Waals surface area (Å²) >= 11 is 0. The summed E-state index contributed by atoms with van der Waals surface area (Å²) < 4.78 is 0. The number of pyridine rings is 1. The molecule has 0 fully saturated rings. The van der Waals surface area contributed by atoms with E-state index in [1.165, 1.54) is 0 Å². The number of nitrogens with one attached hydrogen (secondary N) is 2. The Kier molecular flexibility index (Phi) is 6.95. The molecule has 0 atom stereocenters. The van der Waals surface area contributed by atoms with Crippen LogP contribution in [-0.4, -0.2) is 29.9 Å². The van der Waals surface area contributed by atoms with E-state index in [0.29, 0.717) is 12.2 Å². The predicted octanol–water partition coefficient (Wildman–Crippen LogP) is 2.57. The quantitative estimate of drug-likeness (QED) is 0.724. The van der Waals surface area contributed by atoms with Crippen molar-refractivity contribution >= 4 is 23.2 Å². The predicted molar refractivity (Wildman–Crippen MR) is 99.3 cm³/mol. The fourth-order valence-electron chi connectivity index (χ4n) is 2.45. The summed E-state index contributed by atoms with van der Waals surface area (Å²) in [7, 11) is 0. The van der Waals surface area contributed by atoms with Gasteiger partial charge in [0.25, 0.3) is 0 Å². The first-order chi connectivity index (χ1) is 12.1. The number of amides is 2. The van der Waals surface area contributed by atoms with Crippen LogP contribution in [0.4, 0.5) is 11.4 Å². The molecule has 25 heavy (non-hydrogen) atoms. The molecule has 6 nitrogen and oxygen atoms in total. The van der Waals surface area contributed by atoms with Gasteiger partial charge in [0.05, 0.1) is 12.2 Å². The van der Waals surface area contributed by atoms with E-state index in [0.717, 1.165) is 24.5 Å². The Morgan fingerprint density at radius 1 is 1.00 bits per heavy atom. The number of hydrogen-bond donors (Lipinski definition) is 2. The van der Waals surface area contributed by atoms with Crippen LogP contribution in [0.15, 0.2) is 48.7 Å². The zero-order chi connectivity index (χ0) is 18.1. The van der Waals surface area contributed by atoms with E-state index in [9.17, 15) is 9.59 Å². The Morgan fingerprint density at radius 2 is 1.72 bits per heavy atom. The van der Waals surface area contributed by atoms with Gasteiger partial charge in [-0.15, -0.1) is 0 Å². The van der Waals surface area contributed by atoms with Crippen molar-refractivity contribution in [3.8, 4) is 0 Å². The maximum absolute atomic E-state index is 12.0. The molecule has 2 amide bonds. The third-order valence-electron chi connectivity index (χ3n) is 3.79. The normalized spacial score (nSPS) is 10.2. The van der Waals surface area contributed by atoms with Crippen molar-refractivity contribution in [2.75, 3.05) is 23.3 Å². The fraction of sp³-hybridized carbons (Fsp3) is 0.316. The standard InChI is InChI=1S/C19H24N4O2/c1-3-23(4-2)17-10-8-15(9-11-17)22-19(25)13-18(24)21-14-16-7-5-6-12-20-16/h5-12H,3-4,13-14H2,1-2H3,(H,21,24)(H,22,25). The summed E-state index contributed by atoms with van der Waals surface area (Å²) in [6.45, 7) is 6.37. The van der Waals surface area contributed by atoms with Crippen molar-refractivity contribution < 1.29 is 9.59 Å². The number of hydrogen-bond acceptors (Lipinski definition) is 4. The molecule has 2 N–H and O–H groups in total. The highest BCUT2D eigenvalue weighted by Crippen LogP contribution is 2.17. The van der Waals surface area contributed by atoms with Gasteiger partial charge in [-0.3, -0.25) is 14.6 Å². The average Bonchev–Trinajstić information content (AvgIpc) is 2.63. The second-order valence-corrected chi connectivity index (χ2v) is 5.54. The van der Waals surface area contributed by atoms with Gasteiger partial charge in [-0.2, -0.15) is 0 Å². The van der Waals surface area contributed by atoms with Crippen LogP contribution in [0.25, 0.3) is 0 Å². The molecule has 6 heteroatoms. The summed E-state index contributed by atoms with van der Waals surface area (Å²) in [4.78, 5) is 30.1. The summed E-state index contributed by atoms with van der Waals surface area (Å²) in [5.41, 5.74) is 2.54. The first kappa shape index (κ1) is 18.4. The zero-order valence-electron chi connectivity index (χ0n) is 14.7. The van der Waals surface area contributed by atoms with E-state index in [4.69, 9.17) is 0 Å². The molecule has 0 aliphatic rings. The molecule has 0 aliphatic carbocycles. The van der Waals surface area contributed by atoms with Crippen LogP contribution in [0.3, 0.4) is 0 Å². The minimum atomic E-state index is -0.339. The molecule has 0 spiro atoms. The molecule has 2 aromatic rings. The van der Waals surface area contributed by atoms with Crippen LogP contribution in [-0.2, 0) is 16.1 Å². The molecule has 0 saturated carbocycles. The minimum Gasteiger partial charge on any atom is -0.372 e. The second-order valence-electron chi connectivity index (χ2n) is 5.54. The lowest BCUT2D eigenvalue weighted by molar-refractivity contribution is -0.126. The van der Waals surface area contributed by atoms with Crippen LogP contribution in [0.1, 0.15) is 26.0 Å². The van der Waals surface area contributed by atoms with Crippen LogP contribution < -0.4 is 15.5 Å². The molecule has 0 bridgehead atoms. The molecule has 1 aromatic carbocycles. The Balaban J connectivity index is 1.80. The molecular weight excluding hydrogens is 316 g/mol. The minimum absolute atomic E-state index is 0.218. The molecule has 0 unspecified atom stereocenters. The first-order valence-electron chi connectivity index (χ1n) is 8.43. The van der Waals surface area contributed by atoms with Crippen LogP contribution in [0.5, 0.6) is 0 Å². The molecule has 1 aromatic heterocycles. The van der Waals surface area contributed by atoms with Crippen LogP contribution in [0, 0.1) is 0 Å². The fourth-order valence-corrected chi connectivity index (χ4v) is 2.45. The van der Waals surface area contributed by atoms with E-state index in [2.05, 4.69) is 34.4 Å². The van der Waals surface area contributed by atoms with Gasteiger partial charge < -0.3 is 15.5 Å². The summed E-state index contributed by atoms with van der Waals surface area (Å²) in [6, 6.07) is 13.1. The number of nitrogens with zero attached hydrogens (tertiary/aromatic N) is 2. The molecule has 0 radical (unpaired) electrons. The van der Waals surface area contributed by atoms with Crippen molar-refractivity contribution in [1.82, 2.24) is 10.3 Å². The first-order valence-corrected chi connectivity index (χ1v) is 8.43. The Labute approximate surface area is 148 Å². The van der Waals surface area contributed by atoms with Crippen molar-refractivity contribution in [2.24, 2.45) is 0 Å². The number of carbonyl (C=O) groups is 2. The van der Waals surface area contributed by atoms with E-state index in [1.54, 1.807) is 6.20 Å². The average molecular weight is 340 g/mol. The van der Waals surface area contributed by atoms with E-state index in [-0.39, 0.29) is 18.2 Å². The maximum atomic E-state index is 12.0. The topological polar surface area (TPSA) is 74.3 Å². The third kappa shape index (κ3) is 5.91. The van der Waals surface area contributed by atoms with Gasteiger partial charge >= 0.3 is 0 Å². The lowest BCUT2D eigenvalue weighted by Gasteiger charge is -2.21. The monoisotopic (exact) mass is 340 g/mol. The summed E-state index contributed by atoms with van der Waals surface area (Å²) in [5.74, 6) is -0.669. The molecule has 0 aliphatic heterocycles. The highest BCUT2D eigenvalue weighted by Gasteiger charge is 2.10. The Bertz CT molecular complexity index is 682. The zero-order valence-corrected chi connectivity index (χ0v) is 14.7. The van der Waals surface area contributed by atoms with Gasteiger partial charge in [-0.05, 0) is 50.2 Å². The molecular formula is C19H24N4O2. The van der Waals surface area contributed by atoms with E-state index >= 15 is 0 Å². The van der Waals surface area contributed by atoms with Crippen molar-refractivity contribution in [3.05, 3.63) is 54.4 Å². The van der Waals surface area contributed by atoms with Gasteiger partial charge in [0.1, 0.15) is 6.42 Å². The lowest BCUT2D eigenvalue weighted by atomic mass is 10.2. The van der Waals surface area contributed by atoms with Gasteiger partial charge in [0.15, 0.2) is 0 Å². The third-order valence-corrected chi connectivity index (χ3v) is 3.79. The Hall–Kier alpha value is -2.89. The van der Waals surface area contributed by atoms with Gasteiger partial charge in [0.2, 0.25) is 11.8 Å². The Morgan fingerprint density at radius 3 is 2.32 bits per heavy atom. The number of rotatable bonds is 8. The molecule has 1 heterocycles. The molecule has 2 rings (SSSR count).